The lowest BCUT2D eigenvalue weighted by atomic mass is 10.2. The Morgan fingerprint density at radius 1 is 1.35 bits per heavy atom. The second-order valence-corrected chi connectivity index (χ2v) is 6.01. The van der Waals surface area contributed by atoms with E-state index in [-0.39, 0.29) is 11.1 Å². The van der Waals surface area contributed by atoms with Crippen LogP contribution < -0.4 is 10.9 Å². The monoisotopic (exact) mass is 324 g/mol. The highest BCUT2D eigenvalue weighted by Gasteiger charge is 2.16. The largest absolute Gasteiger partial charge is 0.361 e. The summed E-state index contributed by atoms with van der Waals surface area (Å²) in [6, 6.07) is 7.43. The highest BCUT2D eigenvalue weighted by molar-refractivity contribution is 7.15. The summed E-state index contributed by atoms with van der Waals surface area (Å²) >= 11 is 1.37. The first-order valence-electron chi connectivity index (χ1n) is 6.98. The van der Waals surface area contributed by atoms with Gasteiger partial charge in [0.1, 0.15) is 5.56 Å². The number of carbonyl (C=O) groups is 1. The minimum absolute atomic E-state index is 0.0246. The van der Waals surface area contributed by atoms with Crippen LogP contribution in [0.3, 0.4) is 0 Å². The molecular weight excluding hydrogens is 312 g/mol. The highest BCUT2D eigenvalue weighted by Crippen LogP contribution is 2.22. The van der Waals surface area contributed by atoms with Crippen molar-refractivity contribution in [2.75, 3.05) is 5.32 Å². The van der Waals surface area contributed by atoms with Crippen LogP contribution in [0.1, 0.15) is 16.1 Å². The number of benzene rings is 1. The Morgan fingerprint density at radius 3 is 3.09 bits per heavy atom. The van der Waals surface area contributed by atoms with Crippen molar-refractivity contribution < 1.29 is 4.79 Å². The Labute approximate surface area is 134 Å². The molecule has 23 heavy (non-hydrogen) atoms. The lowest BCUT2D eigenvalue weighted by molar-refractivity contribution is 0.102. The maximum Gasteiger partial charge on any atom is 0.271 e. The van der Waals surface area contributed by atoms with E-state index in [0.717, 1.165) is 16.6 Å². The van der Waals surface area contributed by atoms with E-state index in [0.29, 0.717) is 10.6 Å². The van der Waals surface area contributed by atoms with Crippen LogP contribution >= 0.6 is 11.3 Å². The smallest absolute Gasteiger partial charge is 0.271 e. The van der Waals surface area contributed by atoms with Gasteiger partial charge < -0.3 is 10.3 Å². The summed E-state index contributed by atoms with van der Waals surface area (Å²) in [7, 11) is 0. The third kappa shape index (κ3) is 2.13. The minimum atomic E-state index is -0.462. The normalized spacial score (nSPS) is 11.2. The van der Waals surface area contributed by atoms with Crippen molar-refractivity contribution in [3.63, 3.8) is 0 Å². The molecule has 2 N–H and O–H groups in total. The van der Waals surface area contributed by atoms with Gasteiger partial charge in [-0.25, -0.2) is 4.98 Å². The molecular formula is C16H12N4O2S. The van der Waals surface area contributed by atoms with Gasteiger partial charge in [0, 0.05) is 34.4 Å². The van der Waals surface area contributed by atoms with Crippen LogP contribution in [0.4, 0.5) is 5.69 Å². The Balaban J connectivity index is 1.78. The molecule has 3 aromatic heterocycles. The molecule has 0 aliphatic heterocycles. The number of thiazole rings is 1. The fraction of sp³-hybridized carbons (Fsp3) is 0.0625. The molecule has 4 rings (SSSR count). The zero-order valence-electron chi connectivity index (χ0n) is 12.2. The first kappa shape index (κ1) is 13.7. The number of carbonyl (C=O) groups excluding carboxylic acids is 1. The summed E-state index contributed by atoms with van der Waals surface area (Å²) < 4.78 is 1.45. The SMILES string of the molecule is Cc1csc2ncc(C(=O)Nc3cccc4[nH]ccc34)c(=O)n12. The number of fused-ring (bicyclic) bond motifs is 2. The fourth-order valence-corrected chi connectivity index (χ4v) is 3.39. The molecule has 0 fully saturated rings. The van der Waals surface area contributed by atoms with Crippen molar-refractivity contribution in [3.05, 3.63) is 63.7 Å². The van der Waals surface area contributed by atoms with Crippen LogP contribution in [-0.4, -0.2) is 20.3 Å². The highest BCUT2D eigenvalue weighted by atomic mass is 32.1. The van der Waals surface area contributed by atoms with Gasteiger partial charge >= 0.3 is 0 Å². The number of nitrogens with one attached hydrogen (secondary N) is 2. The van der Waals surface area contributed by atoms with Crippen LogP contribution in [0.15, 0.2) is 46.8 Å². The second kappa shape index (κ2) is 5.06. The molecule has 1 aromatic carbocycles. The average molecular weight is 324 g/mol. The minimum Gasteiger partial charge on any atom is -0.361 e. The summed E-state index contributed by atoms with van der Waals surface area (Å²) in [5, 5.41) is 5.53. The van der Waals surface area contributed by atoms with Gasteiger partial charge in [0.25, 0.3) is 11.5 Å². The van der Waals surface area contributed by atoms with Gasteiger partial charge in [-0.3, -0.25) is 14.0 Å². The predicted octanol–water partition coefficient (Wildman–Crippen LogP) is 2.80. The molecule has 0 aliphatic rings. The van der Waals surface area contributed by atoms with E-state index in [4.69, 9.17) is 0 Å². The van der Waals surface area contributed by atoms with Crippen LogP contribution in [0.25, 0.3) is 15.9 Å². The number of amides is 1. The van der Waals surface area contributed by atoms with Gasteiger partial charge in [-0.15, -0.1) is 11.3 Å². The third-order valence-corrected chi connectivity index (χ3v) is 4.66. The molecule has 114 valence electrons. The van der Waals surface area contributed by atoms with Crippen molar-refractivity contribution in [1.82, 2.24) is 14.4 Å². The molecule has 0 aliphatic carbocycles. The van der Waals surface area contributed by atoms with Gasteiger partial charge in [-0.05, 0) is 25.1 Å². The van der Waals surface area contributed by atoms with Crippen molar-refractivity contribution in [2.24, 2.45) is 0 Å². The quantitative estimate of drug-likeness (QED) is 0.595. The summed E-state index contributed by atoms with van der Waals surface area (Å²) in [6.45, 7) is 1.81. The van der Waals surface area contributed by atoms with E-state index >= 15 is 0 Å². The number of H-pyrrole nitrogens is 1. The number of nitrogens with zero attached hydrogens (tertiary/aromatic N) is 2. The van der Waals surface area contributed by atoms with Crippen molar-refractivity contribution in [2.45, 2.75) is 6.92 Å². The average Bonchev–Trinajstić information content (AvgIpc) is 3.15. The first-order chi connectivity index (χ1) is 11.1. The Hall–Kier alpha value is -2.93. The molecule has 0 saturated heterocycles. The number of aryl methyl sites for hydroxylation is 1. The fourth-order valence-electron chi connectivity index (χ4n) is 2.56. The van der Waals surface area contributed by atoms with Crippen molar-refractivity contribution >= 4 is 38.8 Å². The Kier molecular flexibility index (Phi) is 3.02. The molecule has 0 spiro atoms. The maximum atomic E-state index is 12.5. The summed E-state index contributed by atoms with van der Waals surface area (Å²) in [5.74, 6) is -0.462. The number of rotatable bonds is 2. The molecule has 3 heterocycles. The first-order valence-corrected chi connectivity index (χ1v) is 7.86. The van der Waals surface area contributed by atoms with E-state index in [1.54, 1.807) is 12.3 Å². The molecule has 0 unspecified atom stereocenters. The number of hydrogen-bond donors (Lipinski definition) is 2. The lowest BCUT2D eigenvalue weighted by Crippen LogP contribution is -2.26. The van der Waals surface area contributed by atoms with Crippen LogP contribution in [-0.2, 0) is 0 Å². The van der Waals surface area contributed by atoms with Crippen molar-refractivity contribution in [1.29, 1.82) is 0 Å². The molecule has 4 aromatic rings. The summed E-state index contributed by atoms with van der Waals surface area (Å²) in [4.78, 5) is 32.9. The van der Waals surface area contributed by atoms with Gasteiger partial charge in [0.15, 0.2) is 4.96 Å². The standard InChI is InChI=1S/C16H12N4O2S/c1-9-8-23-16-18-7-11(15(22)20(9)16)14(21)19-13-4-2-3-12-10(13)5-6-17-12/h2-8,17H,1H3,(H,19,21). The Bertz CT molecular complexity index is 1110. The molecule has 0 saturated carbocycles. The van der Waals surface area contributed by atoms with Crippen molar-refractivity contribution in [3.8, 4) is 0 Å². The number of anilines is 1. The van der Waals surface area contributed by atoms with Crippen LogP contribution in [0.5, 0.6) is 0 Å². The van der Waals surface area contributed by atoms with E-state index in [1.807, 2.05) is 30.5 Å². The van der Waals surface area contributed by atoms with E-state index < -0.39 is 5.91 Å². The summed E-state index contributed by atoms with van der Waals surface area (Å²) in [6.07, 6.45) is 3.14. The van der Waals surface area contributed by atoms with Gasteiger partial charge in [-0.1, -0.05) is 6.07 Å². The Morgan fingerprint density at radius 2 is 2.22 bits per heavy atom. The van der Waals surface area contributed by atoms with Gasteiger partial charge in [-0.2, -0.15) is 0 Å². The zero-order chi connectivity index (χ0) is 16.0. The molecule has 0 bridgehead atoms. The van der Waals surface area contributed by atoms with E-state index in [1.165, 1.54) is 21.9 Å². The van der Waals surface area contributed by atoms with Gasteiger partial charge in [0.05, 0.1) is 5.69 Å². The van der Waals surface area contributed by atoms with Gasteiger partial charge in [0.2, 0.25) is 0 Å². The third-order valence-electron chi connectivity index (χ3n) is 3.70. The predicted molar refractivity (Wildman–Crippen MR) is 90.3 cm³/mol. The number of aromatic nitrogens is 3. The second-order valence-electron chi connectivity index (χ2n) is 5.17. The van der Waals surface area contributed by atoms with E-state index in [2.05, 4.69) is 15.3 Å². The summed E-state index contributed by atoms with van der Waals surface area (Å²) in [5.41, 5.74) is 2.01. The van der Waals surface area contributed by atoms with Crippen LogP contribution in [0, 0.1) is 6.92 Å². The molecule has 1 amide bonds. The molecule has 0 atom stereocenters. The molecule has 7 heteroatoms. The topological polar surface area (TPSA) is 79.3 Å². The number of aromatic amines is 1. The molecule has 0 radical (unpaired) electrons. The maximum absolute atomic E-state index is 12.5. The van der Waals surface area contributed by atoms with E-state index in [9.17, 15) is 9.59 Å². The molecule has 6 nitrogen and oxygen atoms in total. The number of hydrogen-bond acceptors (Lipinski definition) is 4. The van der Waals surface area contributed by atoms with Crippen LogP contribution in [0.2, 0.25) is 0 Å². The zero-order valence-corrected chi connectivity index (χ0v) is 13.0. The lowest BCUT2D eigenvalue weighted by Gasteiger charge is -2.06.